The number of alkyl halides is 4. The van der Waals surface area contributed by atoms with E-state index in [9.17, 15) is 35.6 Å². The molecule has 0 aromatic heterocycles. The molecule has 142 valence electrons. The van der Waals surface area contributed by atoms with Gasteiger partial charge in [-0.25, -0.2) is 0 Å². The van der Waals surface area contributed by atoms with Gasteiger partial charge in [0, 0.05) is 5.92 Å². The molecule has 0 radical (unpaired) electrons. The van der Waals surface area contributed by atoms with E-state index in [2.05, 4.69) is 9.47 Å². The zero-order valence-corrected chi connectivity index (χ0v) is 14.1. The Balaban J connectivity index is 6.02. The van der Waals surface area contributed by atoms with Crippen molar-refractivity contribution in [3.63, 3.8) is 0 Å². The summed E-state index contributed by atoms with van der Waals surface area (Å²) in [5.74, 6) is -13.6. The number of carbonyl (C=O) groups is 2. The maximum absolute atomic E-state index is 14.2. The van der Waals surface area contributed by atoms with E-state index in [1.807, 2.05) is 0 Å². The predicted molar refractivity (Wildman–Crippen MR) is 71.9 cm³/mol. The molecule has 0 aromatic carbocycles. The fraction of sp³-hybridized carbons (Fsp3) is 0.833. The normalized spacial score (nSPS) is 16.9. The van der Waals surface area contributed by atoms with Crippen molar-refractivity contribution in [1.29, 1.82) is 0 Å². The molecule has 0 fully saturated rings. The second kappa shape index (κ2) is 7.64. The van der Waals surface area contributed by atoms with Crippen molar-refractivity contribution in [2.45, 2.75) is 31.4 Å². The number of rotatable bonds is 8. The van der Waals surface area contributed by atoms with Crippen LogP contribution >= 0.6 is 0 Å². The fourth-order valence-corrected chi connectivity index (χ4v) is 2.58. The first-order valence-electron chi connectivity index (χ1n) is 6.53. The Morgan fingerprint density at radius 1 is 1.04 bits per heavy atom. The molecular formula is C12H18F4O7S. The molecule has 12 heteroatoms. The van der Waals surface area contributed by atoms with Crippen molar-refractivity contribution in [1.82, 2.24) is 0 Å². The molecule has 0 heterocycles. The number of carbonyl (C=O) groups excluding carboxylic acids is 2. The summed E-state index contributed by atoms with van der Waals surface area (Å²) in [5, 5.41) is -5.87. The minimum Gasteiger partial charge on any atom is -0.469 e. The smallest absolute Gasteiger partial charge is 0.431 e. The van der Waals surface area contributed by atoms with Gasteiger partial charge in [0.25, 0.3) is 0 Å². The summed E-state index contributed by atoms with van der Waals surface area (Å²) in [6.07, 6.45) is -1.01. The quantitative estimate of drug-likeness (QED) is 0.387. The fourth-order valence-electron chi connectivity index (χ4n) is 2.08. The van der Waals surface area contributed by atoms with Gasteiger partial charge in [-0.2, -0.15) is 26.0 Å². The van der Waals surface area contributed by atoms with Crippen LogP contribution in [-0.2, 0) is 29.2 Å². The lowest BCUT2D eigenvalue weighted by molar-refractivity contribution is -0.211. The van der Waals surface area contributed by atoms with Gasteiger partial charge in [-0.15, -0.1) is 0 Å². The van der Waals surface area contributed by atoms with Crippen molar-refractivity contribution < 1.29 is 49.6 Å². The molecule has 0 saturated heterocycles. The minimum absolute atomic E-state index is 0.814. The van der Waals surface area contributed by atoms with E-state index in [0.717, 1.165) is 28.1 Å². The van der Waals surface area contributed by atoms with Gasteiger partial charge < -0.3 is 9.47 Å². The van der Waals surface area contributed by atoms with E-state index in [-0.39, 0.29) is 0 Å². The molecule has 1 N–H and O–H groups in total. The first kappa shape index (κ1) is 22.6. The van der Waals surface area contributed by atoms with Crippen LogP contribution in [0.4, 0.5) is 17.6 Å². The van der Waals surface area contributed by atoms with Gasteiger partial charge in [-0.05, 0) is 6.42 Å². The van der Waals surface area contributed by atoms with Crippen LogP contribution in [0.2, 0.25) is 0 Å². The molecule has 0 aliphatic heterocycles. The van der Waals surface area contributed by atoms with E-state index in [0.29, 0.717) is 0 Å². The number of methoxy groups -OCH3 is 2. The zero-order valence-electron chi connectivity index (χ0n) is 13.3. The number of halogens is 4. The van der Waals surface area contributed by atoms with Gasteiger partial charge in [-0.3, -0.25) is 14.1 Å². The van der Waals surface area contributed by atoms with Crippen LogP contribution in [-0.4, -0.2) is 50.3 Å². The van der Waals surface area contributed by atoms with Gasteiger partial charge >= 0.3 is 33.2 Å². The third-order valence-electron chi connectivity index (χ3n) is 3.57. The summed E-state index contributed by atoms with van der Waals surface area (Å²) < 4.78 is 93.8. The van der Waals surface area contributed by atoms with Crippen molar-refractivity contribution in [3.05, 3.63) is 0 Å². The Bertz CT molecular complexity index is 576. The van der Waals surface area contributed by atoms with Crippen LogP contribution in [0.3, 0.4) is 0 Å². The van der Waals surface area contributed by atoms with E-state index in [1.54, 1.807) is 0 Å². The van der Waals surface area contributed by atoms with Gasteiger partial charge in [0.05, 0.1) is 26.1 Å². The molecule has 0 aliphatic rings. The lowest BCUT2D eigenvalue weighted by atomic mass is 9.81. The number of hydrogen-bond donors (Lipinski definition) is 1. The summed E-state index contributed by atoms with van der Waals surface area (Å²) >= 11 is 0. The molecule has 7 nitrogen and oxygen atoms in total. The molecule has 3 atom stereocenters. The Labute approximate surface area is 136 Å². The van der Waals surface area contributed by atoms with Crippen LogP contribution in [0.25, 0.3) is 0 Å². The largest absolute Gasteiger partial charge is 0.469 e. The van der Waals surface area contributed by atoms with Crippen LogP contribution in [0.15, 0.2) is 0 Å². The summed E-state index contributed by atoms with van der Waals surface area (Å²) in [6, 6.07) is 0. The van der Waals surface area contributed by atoms with E-state index < -0.39 is 57.4 Å². The highest BCUT2D eigenvalue weighted by molar-refractivity contribution is 7.87. The molecule has 0 amide bonds. The maximum atomic E-state index is 14.2. The third-order valence-corrected chi connectivity index (χ3v) is 4.49. The maximum Gasteiger partial charge on any atom is 0.431 e. The molecule has 0 bridgehead atoms. The Morgan fingerprint density at radius 3 is 1.79 bits per heavy atom. The van der Waals surface area contributed by atoms with Crippen LogP contribution in [0.5, 0.6) is 0 Å². The number of ether oxygens (including phenoxy) is 2. The van der Waals surface area contributed by atoms with E-state index in [4.69, 9.17) is 4.55 Å². The molecule has 24 heavy (non-hydrogen) atoms. The second-order valence-corrected chi connectivity index (χ2v) is 6.66. The van der Waals surface area contributed by atoms with Crippen LogP contribution in [0.1, 0.15) is 20.3 Å². The predicted octanol–water partition coefficient (Wildman–Crippen LogP) is 1.73. The summed E-state index contributed by atoms with van der Waals surface area (Å²) in [6.45, 7) is 1.89. The minimum atomic E-state index is -6.48. The lowest BCUT2D eigenvalue weighted by Gasteiger charge is -2.34. The van der Waals surface area contributed by atoms with Gasteiger partial charge in [0.2, 0.25) is 0 Å². The first-order valence-corrected chi connectivity index (χ1v) is 7.97. The Kier molecular flexibility index (Phi) is 7.18. The third kappa shape index (κ3) is 4.35. The van der Waals surface area contributed by atoms with Gasteiger partial charge in [0.15, 0.2) is 0 Å². The highest BCUT2D eigenvalue weighted by Crippen LogP contribution is 2.48. The van der Waals surface area contributed by atoms with E-state index >= 15 is 0 Å². The molecular weight excluding hydrogens is 364 g/mol. The monoisotopic (exact) mass is 382 g/mol. The molecule has 0 spiro atoms. The molecule has 3 unspecified atom stereocenters. The van der Waals surface area contributed by atoms with Crippen LogP contribution in [0, 0.1) is 17.8 Å². The average Bonchev–Trinajstić information content (AvgIpc) is 2.48. The molecule has 0 saturated carbocycles. The second-order valence-electron chi connectivity index (χ2n) is 5.19. The highest BCUT2D eigenvalue weighted by Gasteiger charge is 2.70. The zero-order chi connectivity index (χ0) is 19.5. The number of hydrogen-bond acceptors (Lipinski definition) is 6. The number of esters is 2. The van der Waals surface area contributed by atoms with Crippen molar-refractivity contribution in [3.8, 4) is 0 Å². The van der Waals surface area contributed by atoms with E-state index in [1.165, 1.54) is 0 Å². The van der Waals surface area contributed by atoms with Crippen molar-refractivity contribution >= 4 is 22.1 Å². The molecule has 0 aromatic rings. The van der Waals surface area contributed by atoms with Gasteiger partial charge in [-0.1, -0.05) is 13.8 Å². The SMILES string of the molecule is COC(=O)C(C)CC(C(C)C(=O)OC)C(F)(F)C(F)(F)S(=O)(=O)O. The summed E-state index contributed by atoms with van der Waals surface area (Å²) in [5.41, 5.74) is 0. The average molecular weight is 382 g/mol. The summed E-state index contributed by atoms with van der Waals surface area (Å²) in [4.78, 5) is 22.8. The Morgan fingerprint density at radius 2 is 1.46 bits per heavy atom. The van der Waals surface area contributed by atoms with Crippen molar-refractivity contribution in [2.24, 2.45) is 17.8 Å². The Hall–Kier alpha value is -1.43. The summed E-state index contributed by atoms with van der Waals surface area (Å²) in [7, 11) is -4.73. The highest BCUT2D eigenvalue weighted by atomic mass is 32.2. The topological polar surface area (TPSA) is 107 Å². The first-order chi connectivity index (χ1) is 10.6. The van der Waals surface area contributed by atoms with Gasteiger partial charge in [0.1, 0.15) is 0 Å². The molecule has 0 rings (SSSR count). The van der Waals surface area contributed by atoms with Crippen LogP contribution < -0.4 is 0 Å². The standard InChI is InChI=1S/C12H18F4O7S/c1-6(9(17)22-3)5-8(7(2)10(18)23-4)11(13,14)12(15,16)24(19,20)21/h6-8H,5H2,1-4H3,(H,19,20,21). The molecule has 0 aliphatic carbocycles. The van der Waals surface area contributed by atoms with Crippen molar-refractivity contribution in [2.75, 3.05) is 14.2 Å². The lowest BCUT2D eigenvalue weighted by Crippen LogP contribution is -2.54.